The molecule has 0 fully saturated rings. The maximum Gasteiger partial charge on any atom is 0.119 e. The molecular formula is C15H19NO2. The molecule has 2 rings (SSSR count). The third-order valence-electron chi connectivity index (χ3n) is 2.94. The van der Waals surface area contributed by atoms with Crippen molar-refractivity contribution in [1.82, 2.24) is 5.32 Å². The first-order valence-corrected chi connectivity index (χ1v) is 6.17. The minimum absolute atomic E-state index is 0.667. The number of furan rings is 1. The van der Waals surface area contributed by atoms with E-state index < -0.39 is 0 Å². The third-order valence-corrected chi connectivity index (χ3v) is 2.94. The monoisotopic (exact) mass is 245 g/mol. The minimum atomic E-state index is 0.667. The topological polar surface area (TPSA) is 34.4 Å². The Morgan fingerprint density at radius 2 is 2.06 bits per heavy atom. The lowest BCUT2D eigenvalue weighted by Crippen LogP contribution is -2.20. The summed E-state index contributed by atoms with van der Waals surface area (Å²) < 4.78 is 10.7. The Morgan fingerprint density at radius 1 is 1.17 bits per heavy atom. The highest BCUT2D eigenvalue weighted by molar-refractivity contribution is 5.33. The van der Waals surface area contributed by atoms with Crippen LogP contribution in [0.3, 0.4) is 0 Å². The molecular weight excluding hydrogens is 226 g/mol. The Labute approximate surface area is 108 Å². The second-order valence-electron chi connectivity index (χ2n) is 4.40. The van der Waals surface area contributed by atoms with Gasteiger partial charge in [-0.05, 0) is 43.2 Å². The predicted molar refractivity (Wildman–Crippen MR) is 71.8 cm³/mol. The Hall–Kier alpha value is -1.74. The Morgan fingerprint density at radius 3 is 2.78 bits per heavy atom. The molecule has 0 amide bonds. The van der Waals surface area contributed by atoms with Crippen molar-refractivity contribution in [2.75, 3.05) is 13.2 Å². The summed E-state index contributed by atoms with van der Waals surface area (Å²) in [6, 6.07) is 8.13. The summed E-state index contributed by atoms with van der Waals surface area (Å²) in [5.74, 6) is 0.934. The molecule has 0 spiro atoms. The van der Waals surface area contributed by atoms with Crippen LogP contribution in [0, 0.1) is 13.8 Å². The first kappa shape index (κ1) is 12.7. The van der Waals surface area contributed by atoms with E-state index in [1.807, 2.05) is 12.1 Å². The lowest BCUT2D eigenvalue weighted by atomic mass is 10.1. The van der Waals surface area contributed by atoms with Crippen molar-refractivity contribution in [3.8, 4) is 5.75 Å². The van der Waals surface area contributed by atoms with E-state index in [1.165, 1.54) is 11.1 Å². The molecule has 0 unspecified atom stereocenters. The average molecular weight is 245 g/mol. The van der Waals surface area contributed by atoms with Gasteiger partial charge < -0.3 is 14.5 Å². The largest absolute Gasteiger partial charge is 0.492 e. The maximum atomic E-state index is 5.68. The fourth-order valence-electron chi connectivity index (χ4n) is 1.67. The van der Waals surface area contributed by atoms with Crippen LogP contribution >= 0.6 is 0 Å². The first-order valence-electron chi connectivity index (χ1n) is 6.17. The third kappa shape index (κ3) is 3.64. The van der Waals surface area contributed by atoms with Gasteiger partial charge in [-0.3, -0.25) is 0 Å². The second-order valence-corrected chi connectivity index (χ2v) is 4.40. The highest BCUT2D eigenvalue weighted by Gasteiger charge is 1.97. The standard InChI is InChI=1S/C15H19NO2/c1-12-3-4-15(9-13(12)2)18-8-6-16-10-14-5-7-17-11-14/h3-5,7,9,11,16H,6,8,10H2,1-2H3. The molecule has 2 aromatic rings. The number of benzene rings is 1. The van der Waals surface area contributed by atoms with Crippen LogP contribution in [0.25, 0.3) is 0 Å². The van der Waals surface area contributed by atoms with Crippen molar-refractivity contribution < 1.29 is 9.15 Å². The lowest BCUT2D eigenvalue weighted by Gasteiger charge is -2.08. The fraction of sp³-hybridized carbons (Fsp3) is 0.333. The molecule has 0 radical (unpaired) electrons. The normalized spacial score (nSPS) is 10.6. The van der Waals surface area contributed by atoms with Crippen molar-refractivity contribution in [1.29, 1.82) is 0 Å². The van der Waals surface area contributed by atoms with Gasteiger partial charge in [0, 0.05) is 18.7 Å². The summed E-state index contributed by atoms with van der Waals surface area (Å²) in [4.78, 5) is 0. The average Bonchev–Trinajstić information content (AvgIpc) is 2.86. The second kappa shape index (κ2) is 6.26. The smallest absolute Gasteiger partial charge is 0.119 e. The molecule has 0 aliphatic rings. The van der Waals surface area contributed by atoms with Gasteiger partial charge in [0.05, 0.1) is 12.5 Å². The van der Waals surface area contributed by atoms with E-state index in [0.29, 0.717) is 6.61 Å². The summed E-state index contributed by atoms with van der Waals surface area (Å²) in [5.41, 5.74) is 3.71. The van der Waals surface area contributed by atoms with Crippen LogP contribution in [-0.2, 0) is 6.54 Å². The van der Waals surface area contributed by atoms with E-state index in [0.717, 1.165) is 24.4 Å². The van der Waals surface area contributed by atoms with Gasteiger partial charge in [-0.2, -0.15) is 0 Å². The van der Waals surface area contributed by atoms with Crippen molar-refractivity contribution in [3.63, 3.8) is 0 Å². The molecule has 1 aromatic carbocycles. The van der Waals surface area contributed by atoms with E-state index in [4.69, 9.17) is 9.15 Å². The van der Waals surface area contributed by atoms with Crippen LogP contribution in [0.5, 0.6) is 5.75 Å². The fourth-order valence-corrected chi connectivity index (χ4v) is 1.67. The zero-order valence-electron chi connectivity index (χ0n) is 10.9. The van der Waals surface area contributed by atoms with Crippen molar-refractivity contribution >= 4 is 0 Å². The maximum absolute atomic E-state index is 5.68. The highest BCUT2D eigenvalue weighted by Crippen LogP contribution is 2.15. The number of rotatable bonds is 6. The summed E-state index contributed by atoms with van der Waals surface area (Å²) >= 11 is 0. The quantitative estimate of drug-likeness (QED) is 0.794. The van der Waals surface area contributed by atoms with Crippen LogP contribution in [0.2, 0.25) is 0 Å². The lowest BCUT2D eigenvalue weighted by molar-refractivity contribution is 0.313. The van der Waals surface area contributed by atoms with Crippen LogP contribution < -0.4 is 10.1 Å². The molecule has 3 heteroatoms. The van der Waals surface area contributed by atoms with Gasteiger partial charge in [-0.25, -0.2) is 0 Å². The molecule has 0 saturated carbocycles. The molecule has 18 heavy (non-hydrogen) atoms. The van der Waals surface area contributed by atoms with Crippen LogP contribution in [0.15, 0.2) is 41.2 Å². The Balaban J connectivity index is 1.67. The van der Waals surface area contributed by atoms with Crippen LogP contribution in [0.4, 0.5) is 0 Å². The van der Waals surface area contributed by atoms with Crippen molar-refractivity contribution in [2.24, 2.45) is 0 Å². The number of nitrogens with one attached hydrogen (secondary N) is 1. The number of aryl methyl sites for hydroxylation is 2. The Kier molecular flexibility index (Phi) is 4.42. The molecule has 0 bridgehead atoms. The molecule has 3 nitrogen and oxygen atoms in total. The molecule has 1 aromatic heterocycles. The van der Waals surface area contributed by atoms with Crippen molar-refractivity contribution in [3.05, 3.63) is 53.5 Å². The van der Waals surface area contributed by atoms with Gasteiger partial charge in [-0.1, -0.05) is 6.07 Å². The van der Waals surface area contributed by atoms with Gasteiger partial charge in [0.2, 0.25) is 0 Å². The van der Waals surface area contributed by atoms with Gasteiger partial charge >= 0.3 is 0 Å². The molecule has 0 aliphatic carbocycles. The zero-order valence-corrected chi connectivity index (χ0v) is 10.9. The SMILES string of the molecule is Cc1ccc(OCCNCc2ccoc2)cc1C. The van der Waals surface area contributed by atoms with E-state index in [2.05, 4.69) is 31.3 Å². The molecule has 0 saturated heterocycles. The van der Waals surface area contributed by atoms with Gasteiger partial charge in [-0.15, -0.1) is 0 Å². The predicted octanol–water partition coefficient (Wildman–Crippen LogP) is 3.07. The van der Waals surface area contributed by atoms with E-state index in [1.54, 1.807) is 12.5 Å². The summed E-state index contributed by atoms with van der Waals surface area (Å²) in [5, 5.41) is 3.30. The van der Waals surface area contributed by atoms with Crippen LogP contribution in [0.1, 0.15) is 16.7 Å². The molecule has 1 N–H and O–H groups in total. The van der Waals surface area contributed by atoms with E-state index >= 15 is 0 Å². The van der Waals surface area contributed by atoms with Crippen molar-refractivity contribution in [2.45, 2.75) is 20.4 Å². The molecule has 1 heterocycles. The zero-order chi connectivity index (χ0) is 12.8. The minimum Gasteiger partial charge on any atom is -0.492 e. The first-order chi connectivity index (χ1) is 8.75. The number of hydrogen-bond acceptors (Lipinski definition) is 3. The molecule has 96 valence electrons. The summed E-state index contributed by atoms with van der Waals surface area (Å²) in [6.07, 6.45) is 3.43. The van der Waals surface area contributed by atoms with E-state index in [9.17, 15) is 0 Å². The Bertz CT molecular complexity index is 477. The number of hydrogen-bond donors (Lipinski definition) is 1. The molecule has 0 aliphatic heterocycles. The molecule has 0 atom stereocenters. The van der Waals surface area contributed by atoms with Gasteiger partial charge in [0.25, 0.3) is 0 Å². The van der Waals surface area contributed by atoms with Gasteiger partial charge in [0.15, 0.2) is 0 Å². The van der Waals surface area contributed by atoms with Gasteiger partial charge in [0.1, 0.15) is 12.4 Å². The highest BCUT2D eigenvalue weighted by atomic mass is 16.5. The van der Waals surface area contributed by atoms with E-state index in [-0.39, 0.29) is 0 Å². The van der Waals surface area contributed by atoms with Crippen LogP contribution in [-0.4, -0.2) is 13.2 Å². The summed E-state index contributed by atoms with van der Waals surface area (Å²) in [6.45, 7) is 6.50. The summed E-state index contributed by atoms with van der Waals surface area (Å²) in [7, 11) is 0. The number of ether oxygens (including phenoxy) is 1.